The molecule has 0 aromatic heterocycles. The number of piperidine rings is 1. The van der Waals surface area contributed by atoms with Gasteiger partial charge in [0.1, 0.15) is 23.7 Å². The highest BCUT2D eigenvalue weighted by Crippen LogP contribution is 2.28. The zero-order valence-electron chi connectivity index (χ0n) is 17.8. The normalized spacial score (nSPS) is 15.4. The molecule has 0 amide bonds. The molecule has 0 radical (unpaired) electrons. The SMILES string of the molecule is CC.CC.CC1(Oc2ccccc2)CCN(CCOc2ccccc2)CC1. The van der Waals surface area contributed by atoms with Gasteiger partial charge in [0.05, 0.1) is 0 Å². The van der Waals surface area contributed by atoms with Gasteiger partial charge in [-0.25, -0.2) is 0 Å². The molecule has 0 aliphatic carbocycles. The molecule has 1 aliphatic rings. The molecule has 1 saturated heterocycles. The minimum Gasteiger partial charge on any atom is -0.492 e. The maximum Gasteiger partial charge on any atom is 0.120 e. The fraction of sp³-hybridized carbons (Fsp3) is 0.500. The van der Waals surface area contributed by atoms with Gasteiger partial charge in [0, 0.05) is 19.6 Å². The molecule has 1 heterocycles. The van der Waals surface area contributed by atoms with Crippen molar-refractivity contribution in [3.8, 4) is 11.5 Å². The Bertz CT molecular complexity index is 578. The van der Waals surface area contributed by atoms with E-state index in [0.717, 1.165) is 50.6 Å². The lowest BCUT2D eigenvalue weighted by Gasteiger charge is -2.39. The summed E-state index contributed by atoms with van der Waals surface area (Å²) in [6.45, 7) is 14.0. The minimum absolute atomic E-state index is 0.0574. The second-order valence-corrected chi connectivity index (χ2v) is 6.37. The first-order valence-electron chi connectivity index (χ1n) is 10.4. The van der Waals surface area contributed by atoms with Crippen LogP contribution in [0.4, 0.5) is 0 Å². The van der Waals surface area contributed by atoms with Gasteiger partial charge in [-0.1, -0.05) is 64.1 Å². The number of likely N-dealkylation sites (tertiary alicyclic amines) is 1. The second kappa shape index (κ2) is 13.2. The molecule has 0 spiro atoms. The van der Waals surface area contributed by atoms with Gasteiger partial charge in [0.25, 0.3) is 0 Å². The first-order chi connectivity index (χ1) is 13.2. The van der Waals surface area contributed by atoms with E-state index in [0.29, 0.717) is 0 Å². The molecule has 1 fully saturated rings. The van der Waals surface area contributed by atoms with Crippen LogP contribution in [-0.4, -0.2) is 36.7 Å². The molecular weight excluding hydrogens is 334 g/mol. The van der Waals surface area contributed by atoms with Crippen LogP contribution < -0.4 is 9.47 Å². The topological polar surface area (TPSA) is 21.7 Å². The van der Waals surface area contributed by atoms with Crippen LogP contribution in [0.1, 0.15) is 47.5 Å². The van der Waals surface area contributed by atoms with E-state index in [4.69, 9.17) is 9.47 Å². The molecule has 3 nitrogen and oxygen atoms in total. The predicted octanol–water partition coefficient (Wildman–Crippen LogP) is 6.05. The summed E-state index contributed by atoms with van der Waals surface area (Å²) in [6.07, 6.45) is 2.10. The fourth-order valence-corrected chi connectivity index (χ4v) is 2.93. The van der Waals surface area contributed by atoms with Gasteiger partial charge in [-0.2, -0.15) is 0 Å². The Labute approximate surface area is 166 Å². The predicted molar refractivity (Wildman–Crippen MR) is 116 cm³/mol. The van der Waals surface area contributed by atoms with E-state index in [1.165, 1.54) is 0 Å². The third-order valence-electron chi connectivity index (χ3n) is 4.44. The standard InChI is InChI=1S/C20H25NO2.2C2H6/c1-20(23-19-10-6-3-7-11-19)12-14-21(15-13-20)16-17-22-18-8-4-2-5-9-18;2*1-2/h2-11H,12-17H2,1H3;2*1-2H3. The molecule has 0 unspecified atom stereocenters. The number of hydrogen-bond donors (Lipinski definition) is 0. The average molecular weight is 372 g/mol. The third kappa shape index (κ3) is 8.49. The summed E-state index contributed by atoms with van der Waals surface area (Å²) >= 11 is 0. The Balaban J connectivity index is 0.000000855. The van der Waals surface area contributed by atoms with Crippen molar-refractivity contribution in [3.63, 3.8) is 0 Å². The Morgan fingerprint density at radius 2 is 1.26 bits per heavy atom. The number of para-hydroxylation sites is 2. The zero-order chi connectivity index (χ0) is 20.0. The quantitative estimate of drug-likeness (QED) is 0.617. The molecule has 27 heavy (non-hydrogen) atoms. The molecule has 1 aliphatic heterocycles. The number of nitrogens with zero attached hydrogens (tertiary/aromatic N) is 1. The molecule has 3 rings (SSSR count). The van der Waals surface area contributed by atoms with Crippen molar-refractivity contribution < 1.29 is 9.47 Å². The van der Waals surface area contributed by atoms with Crippen LogP contribution in [0.2, 0.25) is 0 Å². The van der Waals surface area contributed by atoms with Gasteiger partial charge < -0.3 is 9.47 Å². The highest BCUT2D eigenvalue weighted by atomic mass is 16.5. The first kappa shape index (κ1) is 23.0. The fourth-order valence-electron chi connectivity index (χ4n) is 2.93. The van der Waals surface area contributed by atoms with E-state index >= 15 is 0 Å². The number of benzene rings is 2. The maximum absolute atomic E-state index is 6.21. The maximum atomic E-state index is 6.21. The largest absolute Gasteiger partial charge is 0.492 e. The van der Waals surface area contributed by atoms with E-state index in [2.05, 4.69) is 11.8 Å². The molecule has 2 aromatic carbocycles. The van der Waals surface area contributed by atoms with Crippen molar-refractivity contribution in [2.24, 2.45) is 0 Å². The van der Waals surface area contributed by atoms with Gasteiger partial charge in [-0.3, -0.25) is 4.90 Å². The molecule has 0 atom stereocenters. The van der Waals surface area contributed by atoms with Crippen LogP contribution in [-0.2, 0) is 0 Å². The van der Waals surface area contributed by atoms with Gasteiger partial charge in [-0.15, -0.1) is 0 Å². The van der Waals surface area contributed by atoms with Crippen LogP contribution in [0.15, 0.2) is 60.7 Å². The summed E-state index contributed by atoms with van der Waals surface area (Å²) in [7, 11) is 0. The molecular formula is C24H37NO2. The Morgan fingerprint density at radius 1 is 0.778 bits per heavy atom. The van der Waals surface area contributed by atoms with Gasteiger partial charge >= 0.3 is 0 Å². The summed E-state index contributed by atoms with van der Waals surface area (Å²) in [5.74, 6) is 1.91. The van der Waals surface area contributed by atoms with E-state index in [1.54, 1.807) is 0 Å². The molecule has 3 heteroatoms. The van der Waals surface area contributed by atoms with E-state index in [1.807, 2.05) is 88.4 Å². The molecule has 0 saturated carbocycles. The van der Waals surface area contributed by atoms with Gasteiger partial charge in [0.2, 0.25) is 0 Å². The molecule has 150 valence electrons. The summed E-state index contributed by atoms with van der Waals surface area (Å²) in [6, 6.07) is 20.1. The van der Waals surface area contributed by atoms with Crippen molar-refractivity contribution in [1.29, 1.82) is 0 Å². The van der Waals surface area contributed by atoms with Crippen molar-refractivity contribution in [3.05, 3.63) is 60.7 Å². The van der Waals surface area contributed by atoms with Gasteiger partial charge in [-0.05, 0) is 44.0 Å². The molecule has 0 bridgehead atoms. The molecule has 0 N–H and O–H groups in total. The van der Waals surface area contributed by atoms with Crippen molar-refractivity contribution in [2.45, 2.75) is 53.1 Å². The van der Waals surface area contributed by atoms with Crippen LogP contribution in [0.25, 0.3) is 0 Å². The zero-order valence-corrected chi connectivity index (χ0v) is 17.8. The third-order valence-corrected chi connectivity index (χ3v) is 4.44. The Kier molecular flexibility index (Phi) is 11.3. The van der Waals surface area contributed by atoms with Crippen molar-refractivity contribution >= 4 is 0 Å². The van der Waals surface area contributed by atoms with E-state index in [-0.39, 0.29) is 5.60 Å². The second-order valence-electron chi connectivity index (χ2n) is 6.37. The number of ether oxygens (including phenoxy) is 2. The number of hydrogen-bond acceptors (Lipinski definition) is 3. The summed E-state index contributed by atoms with van der Waals surface area (Å²) < 4.78 is 12.0. The van der Waals surface area contributed by atoms with Crippen molar-refractivity contribution in [1.82, 2.24) is 4.90 Å². The van der Waals surface area contributed by atoms with Crippen LogP contribution in [0.3, 0.4) is 0 Å². The average Bonchev–Trinajstić information content (AvgIpc) is 2.74. The monoisotopic (exact) mass is 371 g/mol. The lowest BCUT2D eigenvalue weighted by Crippen LogP contribution is -2.47. The highest BCUT2D eigenvalue weighted by molar-refractivity contribution is 5.22. The number of rotatable bonds is 6. The van der Waals surface area contributed by atoms with Crippen LogP contribution >= 0.6 is 0 Å². The molecule has 2 aromatic rings. The highest BCUT2D eigenvalue weighted by Gasteiger charge is 2.31. The summed E-state index contributed by atoms with van der Waals surface area (Å²) in [5.41, 5.74) is -0.0574. The lowest BCUT2D eigenvalue weighted by molar-refractivity contribution is 0.0135. The van der Waals surface area contributed by atoms with Gasteiger partial charge in [0.15, 0.2) is 0 Å². The first-order valence-corrected chi connectivity index (χ1v) is 10.4. The minimum atomic E-state index is -0.0574. The summed E-state index contributed by atoms with van der Waals surface area (Å²) in [5, 5.41) is 0. The Hall–Kier alpha value is -2.00. The Morgan fingerprint density at radius 3 is 1.78 bits per heavy atom. The van der Waals surface area contributed by atoms with E-state index in [9.17, 15) is 0 Å². The van der Waals surface area contributed by atoms with Crippen LogP contribution in [0, 0.1) is 0 Å². The van der Waals surface area contributed by atoms with E-state index < -0.39 is 0 Å². The smallest absolute Gasteiger partial charge is 0.120 e. The summed E-state index contributed by atoms with van der Waals surface area (Å²) in [4.78, 5) is 2.46. The van der Waals surface area contributed by atoms with Crippen LogP contribution in [0.5, 0.6) is 11.5 Å². The lowest BCUT2D eigenvalue weighted by atomic mass is 9.93. The van der Waals surface area contributed by atoms with Crippen molar-refractivity contribution in [2.75, 3.05) is 26.2 Å².